The number of nitrogens with zero attached hydrogens (tertiary/aromatic N) is 2. The number of ketones is 1. The Bertz CT molecular complexity index is 493. The lowest BCUT2D eigenvalue weighted by atomic mass is 10.0. The number of hydrogen-bond donors (Lipinski definition) is 0. The highest BCUT2D eigenvalue weighted by Gasteiger charge is 2.14. The number of aryl methyl sites for hydroxylation is 1. The Morgan fingerprint density at radius 3 is 2.50 bits per heavy atom. The largest absolute Gasteiger partial charge is 0.288 e. The molecule has 0 aliphatic carbocycles. The summed E-state index contributed by atoms with van der Waals surface area (Å²) in [6.45, 7) is 1.87. The van der Waals surface area contributed by atoms with Crippen molar-refractivity contribution in [3.63, 3.8) is 0 Å². The summed E-state index contributed by atoms with van der Waals surface area (Å²) in [4.78, 5) is 19.9. The smallest absolute Gasteiger partial charge is 0.196 e. The van der Waals surface area contributed by atoms with E-state index in [2.05, 4.69) is 9.97 Å². The number of carbonyl (C=O) groups excluding carboxylic acids is 1. The van der Waals surface area contributed by atoms with E-state index in [4.69, 9.17) is 11.6 Å². The van der Waals surface area contributed by atoms with E-state index < -0.39 is 0 Å². The molecule has 2 rings (SSSR count). The molecule has 0 saturated carbocycles. The molecule has 0 aliphatic rings. The van der Waals surface area contributed by atoms with Crippen LogP contribution in [0.4, 0.5) is 0 Å². The van der Waals surface area contributed by atoms with Crippen LogP contribution in [0.1, 0.15) is 21.5 Å². The maximum absolute atomic E-state index is 12.1. The van der Waals surface area contributed by atoms with Gasteiger partial charge in [-0.1, -0.05) is 11.6 Å². The van der Waals surface area contributed by atoms with E-state index in [-0.39, 0.29) is 5.78 Å². The molecule has 0 atom stereocenters. The summed E-state index contributed by atoms with van der Waals surface area (Å²) in [6, 6.07) is 3.40. The molecule has 0 spiro atoms. The second-order valence-electron chi connectivity index (χ2n) is 3.38. The predicted octanol–water partition coefficient (Wildman–Crippen LogP) is 2.67. The van der Waals surface area contributed by atoms with Crippen LogP contribution in [0.3, 0.4) is 0 Å². The van der Waals surface area contributed by atoms with Gasteiger partial charge in [0.1, 0.15) is 0 Å². The van der Waals surface area contributed by atoms with Gasteiger partial charge in [0.25, 0.3) is 0 Å². The fourth-order valence-electron chi connectivity index (χ4n) is 1.41. The minimum Gasteiger partial charge on any atom is -0.288 e. The molecule has 0 fully saturated rings. The van der Waals surface area contributed by atoms with Crippen LogP contribution < -0.4 is 0 Å². The van der Waals surface area contributed by atoms with Gasteiger partial charge in [0.15, 0.2) is 5.78 Å². The molecule has 2 heterocycles. The number of rotatable bonds is 2. The van der Waals surface area contributed by atoms with Gasteiger partial charge in [0.2, 0.25) is 0 Å². The Morgan fingerprint density at radius 1 is 1.12 bits per heavy atom. The number of hydrogen-bond acceptors (Lipinski definition) is 3. The van der Waals surface area contributed by atoms with E-state index in [1.807, 2.05) is 6.92 Å². The first-order valence-electron chi connectivity index (χ1n) is 4.75. The molecule has 0 aromatic carbocycles. The van der Waals surface area contributed by atoms with Gasteiger partial charge in [-0.05, 0) is 24.6 Å². The predicted molar refractivity (Wildman–Crippen MR) is 61.7 cm³/mol. The molecular weight excluding hydrogens is 224 g/mol. The zero-order valence-corrected chi connectivity index (χ0v) is 9.40. The fraction of sp³-hybridized carbons (Fsp3) is 0.0833. The van der Waals surface area contributed by atoms with Gasteiger partial charge in [-0.3, -0.25) is 14.8 Å². The lowest BCUT2D eigenvalue weighted by molar-refractivity contribution is 0.103. The first-order valence-corrected chi connectivity index (χ1v) is 5.13. The van der Waals surface area contributed by atoms with Crippen LogP contribution in [0.25, 0.3) is 0 Å². The Balaban J connectivity index is 2.48. The van der Waals surface area contributed by atoms with Crippen molar-refractivity contribution < 1.29 is 4.79 Å². The first kappa shape index (κ1) is 10.8. The highest BCUT2D eigenvalue weighted by molar-refractivity contribution is 6.34. The molecule has 16 heavy (non-hydrogen) atoms. The van der Waals surface area contributed by atoms with Crippen LogP contribution in [-0.4, -0.2) is 15.8 Å². The molecule has 3 nitrogen and oxygen atoms in total. The molecule has 0 unspecified atom stereocenters. The van der Waals surface area contributed by atoms with Gasteiger partial charge < -0.3 is 0 Å². The maximum Gasteiger partial charge on any atom is 0.196 e. The number of pyridine rings is 2. The molecule has 2 aromatic heterocycles. The van der Waals surface area contributed by atoms with Crippen molar-refractivity contribution in [2.45, 2.75) is 6.92 Å². The highest BCUT2D eigenvalue weighted by atomic mass is 35.5. The van der Waals surface area contributed by atoms with E-state index in [1.54, 1.807) is 30.7 Å². The third-order valence-electron chi connectivity index (χ3n) is 2.30. The third kappa shape index (κ3) is 1.95. The Hall–Kier alpha value is -1.74. The van der Waals surface area contributed by atoms with E-state index >= 15 is 0 Å². The van der Waals surface area contributed by atoms with Crippen LogP contribution in [0.2, 0.25) is 5.02 Å². The van der Waals surface area contributed by atoms with E-state index in [9.17, 15) is 4.79 Å². The minimum atomic E-state index is -0.127. The highest BCUT2D eigenvalue weighted by Crippen LogP contribution is 2.19. The monoisotopic (exact) mass is 232 g/mol. The van der Waals surface area contributed by atoms with E-state index in [0.29, 0.717) is 16.1 Å². The van der Waals surface area contributed by atoms with E-state index in [1.165, 1.54) is 6.20 Å². The van der Waals surface area contributed by atoms with Gasteiger partial charge in [-0.25, -0.2) is 0 Å². The van der Waals surface area contributed by atoms with Gasteiger partial charge >= 0.3 is 0 Å². The van der Waals surface area contributed by atoms with Gasteiger partial charge in [-0.2, -0.15) is 0 Å². The summed E-state index contributed by atoms with van der Waals surface area (Å²) in [5.41, 5.74) is 1.90. The molecule has 80 valence electrons. The summed E-state index contributed by atoms with van der Waals surface area (Å²) < 4.78 is 0. The number of aromatic nitrogens is 2. The summed E-state index contributed by atoms with van der Waals surface area (Å²) in [7, 11) is 0. The van der Waals surface area contributed by atoms with Gasteiger partial charge in [0.05, 0.1) is 5.02 Å². The maximum atomic E-state index is 12.1. The van der Waals surface area contributed by atoms with Crippen LogP contribution >= 0.6 is 11.6 Å². The molecule has 0 amide bonds. The van der Waals surface area contributed by atoms with Gasteiger partial charge in [-0.15, -0.1) is 0 Å². The number of carbonyl (C=O) groups is 1. The van der Waals surface area contributed by atoms with Crippen LogP contribution in [-0.2, 0) is 0 Å². The molecule has 0 N–H and O–H groups in total. The lowest BCUT2D eigenvalue weighted by Gasteiger charge is -2.04. The molecule has 0 bridgehead atoms. The molecule has 4 heteroatoms. The minimum absolute atomic E-state index is 0.127. The lowest BCUT2D eigenvalue weighted by Crippen LogP contribution is -2.05. The molecule has 0 radical (unpaired) electrons. The van der Waals surface area contributed by atoms with Crippen molar-refractivity contribution in [2.24, 2.45) is 0 Å². The standard InChI is InChI=1S/C12H9ClN2O/c1-8-2-4-14-6-10(8)12(16)9-3-5-15-7-11(9)13/h2-7H,1H3. The third-order valence-corrected chi connectivity index (χ3v) is 2.60. The molecule has 0 aliphatic heterocycles. The first-order chi connectivity index (χ1) is 7.70. The van der Waals surface area contributed by atoms with Crippen LogP contribution in [0.5, 0.6) is 0 Å². The van der Waals surface area contributed by atoms with Crippen molar-refractivity contribution >= 4 is 17.4 Å². The van der Waals surface area contributed by atoms with Crippen molar-refractivity contribution in [3.8, 4) is 0 Å². The molecule has 2 aromatic rings. The second-order valence-corrected chi connectivity index (χ2v) is 3.78. The quantitative estimate of drug-likeness (QED) is 0.748. The fourth-order valence-corrected chi connectivity index (χ4v) is 1.61. The topological polar surface area (TPSA) is 42.9 Å². The normalized spacial score (nSPS) is 10.1. The second kappa shape index (κ2) is 4.41. The van der Waals surface area contributed by atoms with Crippen LogP contribution in [0, 0.1) is 6.92 Å². The molecular formula is C12H9ClN2O. The Kier molecular flexibility index (Phi) is 2.97. The summed E-state index contributed by atoms with van der Waals surface area (Å²) >= 11 is 5.92. The van der Waals surface area contributed by atoms with Crippen molar-refractivity contribution in [3.05, 3.63) is 58.6 Å². The average Bonchev–Trinajstić information content (AvgIpc) is 2.29. The Labute approximate surface area is 98.1 Å². The van der Waals surface area contributed by atoms with Crippen LogP contribution in [0.15, 0.2) is 36.9 Å². The van der Waals surface area contributed by atoms with Crippen molar-refractivity contribution in [2.75, 3.05) is 0 Å². The van der Waals surface area contributed by atoms with Crippen molar-refractivity contribution in [1.29, 1.82) is 0 Å². The zero-order chi connectivity index (χ0) is 11.5. The number of halogens is 1. The summed E-state index contributed by atoms with van der Waals surface area (Å²) in [6.07, 6.45) is 6.21. The zero-order valence-electron chi connectivity index (χ0n) is 8.64. The van der Waals surface area contributed by atoms with E-state index in [0.717, 1.165) is 5.56 Å². The molecule has 0 saturated heterocycles. The average molecular weight is 233 g/mol. The summed E-state index contributed by atoms with van der Waals surface area (Å²) in [5, 5.41) is 0.357. The van der Waals surface area contributed by atoms with Crippen molar-refractivity contribution in [1.82, 2.24) is 9.97 Å². The van der Waals surface area contributed by atoms with Gasteiger partial charge in [0, 0.05) is 35.9 Å². The SMILES string of the molecule is Cc1ccncc1C(=O)c1ccncc1Cl. The Morgan fingerprint density at radius 2 is 1.81 bits per heavy atom. The summed E-state index contributed by atoms with van der Waals surface area (Å²) in [5.74, 6) is -0.127.